The number of hydrogen-bond donors (Lipinski definition) is 3. The molecule has 1 aromatic rings. The minimum Gasteiger partial charge on any atom is -0.364 e. The van der Waals surface area contributed by atoms with E-state index in [2.05, 4.69) is 35.5 Å². The summed E-state index contributed by atoms with van der Waals surface area (Å²) in [6.07, 6.45) is 3.83. The lowest BCUT2D eigenvalue weighted by molar-refractivity contribution is -0.126. The summed E-state index contributed by atoms with van der Waals surface area (Å²) in [7, 11) is 0. The zero-order valence-corrected chi connectivity index (χ0v) is 11.3. The third-order valence-electron chi connectivity index (χ3n) is 3.74. The molecule has 1 amide bonds. The average molecular weight is 249 g/mol. The molecular weight excluding hydrogens is 226 g/mol. The Labute approximate surface area is 109 Å². The number of hydrogen-bond acceptors (Lipinski definition) is 2. The van der Waals surface area contributed by atoms with Gasteiger partial charge in [0.1, 0.15) is 0 Å². The normalized spacial score (nSPS) is 17.7. The molecule has 0 bridgehead atoms. The van der Waals surface area contributed by atoms with E-state index in [1.54, 1.807) is 0 Å². The van der Waals surface area contributed by atoms with E-state index in [4.69, 9.17) is 0 Å². The molecule has 0 radical (unpaired) electrons. The molecule has 1 fully saturated rings. The molecule has 3 N–H and O–H groups in total. The van der Waals surface area contributed by atoms with Crippen LogP contribution >= 0.6 is 0 Å². The molecule has 0 aromatic carbocycles. The largest absolute Gasteiger partial charge is 0.364 e. The molecule has 4 heteroatoms. The Hall–Kier alpha value is -1.29. The van der Waals surface area contributed by atoms with Gasteiger partial charge in [0.25, 0.3) is 0 Å². The number of nitrogens with one attached hydrogen (secondary N) is 3. The van der Waals surface area contributed by atoms with Crippen LogP contribution in [0.4, 0.5) is 0 Å². The summed E-state index contributed by atoms with van der Waals surface area (Å²) in [5.41, 5.74) is 1.11. The summed E-state index contributed by atoms with van der Waals surface area (Å²) in [4.78, 5) is 15.3. The highest BCUT2D eigenvalue weighted by Gasteiger charge is 2.25. The fraction of sp³-hybridized carbons (Fsp3) is 0.643. The van der Waals surface area contributed by atoms with E-state index in [0.717, 1.165) is 31.6 Å². The van der Waals surface area contributed by atoms with Crippen molar-refractivity contribution in [2.75, 3.05) is 19.6 Å². The second-order valence-electron chi connectivity index (χ2n) is 5.71. The van der Waals surface area contributed by atoms with Crippen molar-refractivity contribution in [3.8, 4) is 0 Å². The SMILES string of the molecule is CC(C)(CNC(=O)C1CCNCC1)c1ccc[nH]1. The first kappa shape index (κ1) is 13.1. The maximum absolute atomic E-state index is 12.1. The molecule has 18 heavy (non-hydrogen) atoms. The van der Waals surface area contributed by atoms with Crippen LogP contribution in [-0.4, -0.2) is 30.5 Å². The van der Waals surface area contributed by atoms with Gasteiger partial charge in [-0.05, 0) is 38.1 Å². The van der Waals surface area contributed by atoms with Crippen molar-refractivity contribution in [3.05, 3.63) is 24.0 Å². The lowest BCUT2D eigenvalue weighted by atomic mass is 9.89. The quantitative estimate of drug-likeness (QED) is 0.755. The minimum absolute atomic E-state index is 0.0495. The molecule has 1 aliphatic rings. The smallest absolute Gasteiger partial charge is 0.223 e. The second-order valence-corrected chi connectivity index (χ2v) is 5.71. The summed E-state index contributed by atoms with van der Waals surface area (Å²) in [5, 5.41) is 6.37. The molecule has 0 unspecified atom stereocenters. The lowest BCUT2D eigenvalue weighted by Crippen LogP contribution is -2.42. The van der Waals surface area contributed by atoms with Crippen LogP contribution in [0.15, 0.2) is 18.3 Å². The summed E-state index contributed by atoms with van der Waals surface area (Å²) in [6, 6.07) is 4.06. The molecule has 0 atom stereocenters. The maximum atomic E-state index is 12.1. The Morgan fingerprint density at radius 3 is 2.78 bits per heavy atom. The second kappa shape index (κ2) is 5.57. The molecule has 0 aliphatic carbocycles. The van der Waals surface area contributed by atoms with Crippen molar-refractivity contribution in [2.45, 2.75) is 32.1 Å². The van der Waals surface area contributed by atoms with E-state index in [1.807, 2.05) is 12.3 Å². The number of piperidine rings is 1. The minimum atomic E-state index is -0.0495. The highest BCUT2D eigenvalue weighted by Crippen LogP contribution is 2.20. The lowest BCUT2D eigenvalue weighted by Gasteiger charge is -2.27. The molecule has 1 saturated heterocycles. The van der Waals surface area contributed by atoms with Gasteiger partial charge in [0, 0.05) is 29.8 Å². The van der Waals surface area contributed by atoms with Crippen LogP contribution in [0.5, 0.6) is 0 Å². The van der Waals surface area contributed by atoms with E-state index in [-0.39, 0.29) is 17.2 Å². The van der Waals surface area contributed by atoms with Gasteiger partial charge in [-0.2, -0.15) is 0 Å². The van der Waals surface area contributed by atoms with Crippen LogP contribution in [-0.2, 0) is 10.2 Å². The number of rotatable bonds is 4. The van der Waals surface area contributed by atoms with Gasteiger partial charge in [-0.3, -0.25) is 4.79 Å². The van der Waals surface area contributed by atoms with E-state index in [1.165, 1.54) is 0 Å². The first-order valence-corrected chi connectivity index (χ1v) is 6.72. The van der Waals surface area contributed by atoms with Crippen molar-refractivity contribution < 1.29 is 4.79 Å². The van der Waals surface area contributed by atoms with Crippen LogP contribution in [0.1, 0.15) is 32.4 Å². The van der Waals surface area contributed by atoms with Gasteiger partial charge in [-0.1, -0.05) is 13.8 Å². The summed E-state index contributed by atoms with van der Waals surface area (Å²) >= 11 is 0. The van der Waals surface area contributed by atoms with Gasteiger partial charge >= 0.3 is 0 Å². The Morgan fingerprint density at radius 2 is 2.17 bits per heavy atom. The topological polar surface area (TPSA) is 56.9 Å². The number of aromatic nitrogens is 1. The van der Waals surface area contributed by atoms with Crippen molar-refractivity contribution in [2.24, 2.45) is 5.92 Å². The maximum Gasteiger partial charge on any atom is 0.223 e. The molecule has 2 heterocycles. The first-order valence-electron chi connectivity index (χ1n) is 6.72. The number of amides is 1. The van der Waals surface area contributed by atoms with Crippen molar-refractivity contribution in [1.29, 1.82) is 0 Å². The van der Waals surface area contributed by atoms with E-state index in [0.29, 0.717) is 6.54 Å². The zero-order chi connectivity index (χ0) is 13.0. The Balaban J connectivity index is 1.85. The third kappa shape index (κ3) is 3.13. The van der Waals surface area contributed by atoms with Gasteiger partial charge in [0.2, 0.25) is 5.91 Å². The number of carbonyl (C=O) groups excluding carboxylic acids is 1. The monoisotopic (exact) mass is 249 g/mol. The fourth-order valence-electron chi connectivity index (χ4n) is 2.38. The van der Waals surface area contributed by atoms with Crippen LogP contribution in [0.25, 0.3) is 0 Å². The Bertz CT molecular complexity index is 378. The third-order valence-corrected chi connectivity index (χ3v) is 3.74. The van der Waals surface area contributed by atoms with Crippen molar-refractivity contribution >= 4 is 5.91 Å². The summed E-state index contributed by atoms with van der Waals surface area (Å²) in [5.74, 6) is 0.391. The van der Waals surface area contributed by atoms with Gasteiger partial charge in [-0.15, -0.1) is 0 Å². The van der Waals surface area contributed by atoms with Crippen molar-refractivity contribution in [1.82, 2.24) is 15.6 Å². The molecule has 0 saturated carbocycles. The Morgan fingerprint density at radius 1 is 1.44 bits per heavy atom. The summed E-state index contributed by atoms with van der Waals surface area (Å²) < 4.78 is 0. The van der Waals surface area contributed by atoms with E-state index in [9.17, 15) is 4.79 Å². The van der Waals surface area contributed by atoms with Crippen LogP contribution in [0.2, 0.25) is 0 Å². The van der Waals surface area contributed by atoms with Crippen LogP contribution < -0.4 is 10.6 Å². The predicted octanol–water partition coefficient (Wildman–Crippen LogP) is 1.41. The van der Waals surface area contributed by atoms with Gasteiger partial charge in [0.15, 0.2) is 0 Å². The highest BCUT2D eigenvalue weighted by atomic mass is 16.1. The Kier molecular flexibility index (Phi) is 4.07. The highest BCUT2D eigenvalue weighted by molar-refractivity contribution is 5.78. The van der Waals surface area contributed by atoms with Crippen LogP contribution in [0.3, 0.4) is 0 Å². The molecule has 2 rings (SSSR count). The number of aromatic amines is 1. The summed E-state index contributed by atoms with van der Waals surface area (Å²) in [6.45, 7) is 6.87. The molecule has 4 nitrogen and oxygen atoms in total. The van der Waals surface area contributed by atoms with Gasteiger partial charge in [-0.25, -0.2) is 0 Å². The molecule has 100 valence electrons. The predicted molar refractivity (Wildman–Crippen MR) is 72.4 cm³/mol. The zero-order valence-electron chi connectivity index (χ0n) is 11.3. The standard InChI is InChI=1S/C14H23N3O/c1-14(2,12-4-3-7-16-12)10-17-13(18)11-5-8-15-9-6-11/h3-4,7,11,15-16H,5-6,8-10H2,1-2H3,(H,17,18). The van der Waals surface area contributed by atoms with E-state index >= 15 is 0 Å². The first-order chi connectivity index (χ1) is 8.59. The van der Waals surface area contributed by atoms with Crippen molar-refractivity contribution in [3.63, 3.8) is 0 Å². The molecular formula is C14H23N3O. The number of carbonyl (C=O) groups is 1. The number of H-pyrrole nitrogens is 1. The molecule has 1 aliphatic heterocycles. The van der Waals surface area contributed by atoms with Gasteiger partial charge in [0.05, 0.1) is 0 Å². The fourth-order valence-corrected chi connectivity index (χ4v) is 2.38. The molecule has 1 aromatic heterocycles. The van der Waals surface area contributed by atoms with E-state index < -0.39 is 0 Å². The van der Waals surface area contributed by atoms with Gasteiger partial charge < -0.3 is 15.6 Å². The molecule has 0 spiro atoms. The average Bonchev–Trinajstić information content (AvgIpc) is 2.92. The van der Waals surface area contributed by atoms with Crippen LogP contribution in [0, 0.1) is 5.92 Å².